The number of benzene rings is 1. The van der Waals surface area contributed by atoms with Crippen LogP contribution < -0.4 is 15.1 Å². The van der Waals surface area contributed by atoms with Crippen molar-refractivity contribution >= 4 is 35.6 Å². The Morgan fingerprint density at radius 1 is 1.22 bits per heavy atom. The number of nitrogens with zero attached hydrogens (tertiary/aromatic N) is 6. The molecule has 2 unspecified atom stereocenters. The molecule has 0 amide bonds. The summed E-state index contributed by atoms with van der Waals surface area (Å²) in [5.41, 5.74) is 5.26. The van der Waals surface area contributed by atoms with Crippen molar-refractivity contribution < 1.29 is 0 Å². The first-order valence-electron chi connectivity index (χ1n) is 11.1. The number of rotatable bonds is 5. The number of hydrogen-bond donors (Lipinski definition) is 1. The Labute approximate surface area is 191 Å². The smallest absolute Gasteiger partial charge is 0.227 e. The van der Waals surface area contributed by atoms with Crippen molar-refractivity contribution in [2.45, 2.75) is 32.4 Å². The van der Waals surface area contributed by atoms with Crippen molar-refractivity contribution in [3.05, 3.63) is 53.7 Å². The zero-order valence-electron chi connectivity index (χ0n) is 19.7. The van der Waals surface area contributed by atoms with Gasteiger partial charge in [-0.15, -0.1) is 0 Å². The summed E-state index contributed by atoms with van der Waals surface area (Å²) in [6, 6.07) is 11.8. The van der Waals surface area contributed by atoms with Crippen LogP contribution in [0.3, 0.4) is 0 Å². The van der Waals surface area contributed by atoms with Gasteiger partial charge in [-0.3, -0.25) is 4.90 Å². The van der Waals surface area contributed by atoms with Gasteiger partial charge in [0.1, 0.15) is 5.82 Å². The minimum Gasteiger partial charge on any atom is -0.365 e. The van der Waals surface area contributed by atoms with Crippen LogP contribution in [-0.4, -0.2) is 68.9 Å². The average molecular weight is 432 g/mol. The third kappa shape index (κ3) is 4.39. The van der Waals surface area contributed by atoms with E-state index in [0.717, 1.165) is 35.9 Å². The van der Waals surface area contributed by atoms with E-state index in [4.69, 9.17) is 4.99 Å². The Morgan fingerprint density at radius 3 is 2.56 bits per heavy atom. The molecule has 3 heterocycles. The maximum atomic E-state index is 4.69. The monoisotopic (exact) mass is 431 g/mol. The van der Waals surface area contributed by atoms with Crippen LogP contribution in [0.1, 0.15) is 24.5 Å². The summed E-state index contributed by atoms with van der Waals surface area (Å²) >= 11 is 0. The third-order valence-electron chi connectivity index (χ3n) is 6.43. The van der Waals surface area contributed by atoms with Crippen LogP contribution in [0.15, 0.2) is 52.6 Å². The number of guanidine groups is 1. The van der Waals surface area contributed by atoms with E-state index in [1.807, 2.05) is 50.3 Å². The fourth-order valence-electron chi connectivity index (χ4n) is 4.66. The molecule has 2 saturated heterocycles. The molecule has 0 radical (unpaired) electrons. The summed E-state index contributed by atoms with van der Waals surface area (Å²) in [4.78, 5) is 20.3. The number of aryl methyl sites for hydroxylation is 1. The molecule has 1 aromatic carbocycles. The van der Waals surface area contributed by atoms with E-state index in [1.165, 1.54) is 17.7 Å². The average Bonchev–Trinajstić information content (AvgIpc) is 3.36. The standard InChI is InChI=1S/C25H33N7/c1-7-22(18-8-11-24(27-14-18)30(4)5)29-25(26-3)28-19-9-10-23(17(2)12-19)32-16-20-13-21(32)15-31(20)6/h7-12,14,20-21H,3,13,15-16H2,1-2,4-6H3,(H,28,29)/b22-7-. The van der Waals surface area contributed by atoms with Crippen LogP contribution in [0.2, 0.25) is 0 Å². The van der Waals surface area contributed by atoms with E-state index in [9.17, 15) is 0 Å². The second-order valence-corrected chi connectivity index (χ2v) is 8.83. The van der Waals surface area contributed by atoms with Crippen LogP contribution in [0.4, 0.5) is 17.2 Å². The van der Waals surface area contributed by atoms with E-state index in [0.29, 0.717) is 18.0 Å². The first-order valence-corrected chi connectivity index (χ1v) is 11.1. The minimum absolute atomic E-state index is 0.462. The van der Waals surface area contributed by atoms with Gasteiger partial charge in [0.15, 0.2) is 0 Å². The molecule has 0 aliphatic carbocycles. The molecular weight excluding hydrogens is 398 g/mol. The van der Waals surface area contributed by atoms with Gasteiger partial charge in [-0.25, -0.2) is 15.0 Å². The predicted molar refractivity (Wildman–Crippen MR) is 136 cm³/mol. The van der Waals surface area contributed by atoms with Crippen LogP contribution in [-0.2, 0) is 0 Å². The third-order valence-corrected chi connectivity index (χ3v) is 6.43. The van der Waals surface area contributed by atoms with Crippen molar-refractivity contribution in [3.63, 3.8) is 0 Å². The lowest BCUT2D eigenvalue weighted by Crippen LogP contribution is -2.44. The van der Waals surface area contributed by atoms with Gasteiger partial charge < -0.3 is 15.1 Å². The Hall–Kier alpha value is -3.19. The topological polar surface area (TPSA) is 59.4 Å². The number of piperazine rings is 1. The summed E-state index contributed by atoms with van der Waals surface area (Å²) in [5, 5.41) is 3.32. The highest BCUT2D eigenvalue weighted by atomic mass is 15.3. The number of hydrogen-bond acceptors (Lipinski definition) is 5. The van der Waals surface area contributed by atoms with Gasteiger partial charge in [0.25, 0.3) is 0 Å². The maximum absolute atomic E-state index is 4.69. The summed E-state index contributed by atoms with van der Waals surface area (Å²) in [5.74, 6) is 1.37. The van der Waals surface area contributed by atoms with Gasteiger partial charge in [-0.2, -0.15) is 0 Å². The lowest BCUT2D eigenvalue weighted by molar-refractivity contribution is 0.292. The van der Waals surface area contributed by atoms with E-state index < -0.39 is 0 Å². The Kier molecular flexibility index (Phi) is 6.28. The zero-order chi connectivity index (χ0) is 22.8. The second-order valence-electron chi connectivity index (χ2n) is 8.83. The highest BCUT2D eigenvalue weighted by Crippen LogP contribution is 2.36. The quantitative estimate of drug-likeness (QED) is 0.575. The Bertz CT molecular complexity index is 1040. The Balaban J connectivity index is 1.50. The van der Waals surface area contributed by atoms with Gasteiger partial charge in [-0.1, -0.05) is 6.08 Å². The molecule has 7 nitrogen and oxygen atoms in total. The molecule has 0 saturated carbocycles. The number of aromatic nitrogens is 1. The largest absolute Gasteiger partial charge is 0.365 e. The fourth-order valence-corrected chi connectivity index (χ4v) is 4.66. The summed E-state index contributed by atoms with van der Waals surface area (Å²) in [7, 11) is 6.18. The minimum atomic E-state index is 0.462. The van der Waals surface area contributed by atoms with Crippen LogP contribution in [0, 0.1) is 6.92 Å². The number of nitrogens with one attached hydrogen (secondary N) is 1. The number of fused-ring (bicyclic) bond motifs is 2. The van der Waals surface area contributed by atoms with Gasteiger partial charge in [0.05, 0.1) is 5.70 Å². The molecule has 1 aromatic heterocycles. The lowest BCUT2D eigenvalue weighted by Gasteiger charge is -2.34. The molecule has 32 heavy (non-hydrogen) atoms. The first-order chi connectivity index (χ1) is 15.4. The zero-order valence-corrected chi connectivity index (χ0v) is 19.7. The van der Waals surface area contributed by atoms with Crippen molar-refractivity contribution in [1.82, 2.24) is 9.88 Å². The number of anilines is 3. The van der Waals surface area contributed by atoms with Crippen molar-refractivity contribution in [1.29, 1.82) is 0 Å². The first kappa shape index (κ1) is 22.0. The second kappa shape index (κ2) is 9.12. The number of likely N-dealkylation sites (tertiary alicyclic amines) is 1. The summed E-state index contributed by atoms with van der Waals surface area (Å²) in [6.07, 6.45) is 5.05. The van der Waals surface area contributed by atoms with Gasteiger partial charge in [-0.05, 0) is 69.9 Å². The van der Waals surface area contributed by atoms with Gasteiger partial charge >= 0.3 is 0 Å². The van der Waals surface area contributed by atoms with Crippen LogP contribution in [0.5, 0.6) is 0 Å². The number of pyridine rings is 1. The van der Waals surface area contributed by atoms with E-state index in [-0.39, 0.29) is 0 Å². The van der Waals surface area contributed by atoms with Crippen molar-refractivity contribution in [2.75, 3.05) is 49.3 Å². The highest BCUT2D eigenvalue weighted by Gasteiger charge is 2.41. The molecule has 0 spiro atoms. The molecule has 1 N–H and O–H groups in total. The van der Waals surface area contributed by atoms with E-state index in [1.54, 1.807) is 0 Å². The van der Waals surface area contributed by atoms with Crippen LogP contribution >= 0.6 is 0 Å². The molecule has 2 aromatic rings. The lowest BCUT2D eigenvalue weighted by atomic mass is 10.1. The van der Waals surface area contributed by atoms with E-state index in [2.05, 4.69) is 64.0 Å². The predicted octanol–water partition coefficient (Wildman–Crippen LogP) is 3.88. The molecule has 2 fully saturated rings. The molecule has 4 rings (SSSR count). The van der Waals surface area contributed by atoms with Gasteiger partial charge in [0, 0.05) is 62.4 Å². The summed E-state index contributed by atoms with van der Waals surface area (Å²) < 4.78 is 0. The van der Waals surface area contributed by atoms with Crippen LogP contribution in [0.25, 0.3) is 5.70 Å². The van der Waals surface area contributed by atoms with Gasteiger partial charge in [0.2, 0.25) is 5.96 Å². The highest BCUT2D eigenvalue weighted by molar-refractivity contribution is 5.99. The molecule has 2 atom stereocenters. The molecule has 7 heteroatoms. The SMILES string of the molecule is C=N/C(=N\C(=C/C)c1ccc(N(C)C)nc1)Nc1ccc(N2CC3CC2CN3C)c(C)c1. The molecule has 168 valence electrons. The Morgan fingerprint density at radius 2 is 2.03 bits per heavy atom. The molecule has 2 aliphatic heterocycles. The van der Waals surface area contributed by atoms with E-state index >= 15 is 0 Å². The fraction of sp³-hybridized carbons (Fsp3) is 0.400. The molecule has 2 bridgehead atoms. The normalized spacial score (nSPS) is 21.2. The number of aliphatic imine (C=N–C) groups is 2. The molecular formula is C25H33N7. The number of allylic oxidation sites excluding steroid dienone is 1. The van der Waals surface area contributed by atoms with Crippen molar-refractivity contribution in [3.8, 4) is 0 Å². The maximum Gasteiger partial charge on any atom is 0.227 e. The van der Waals surface area contributed by atoms with Crippen molar-refractivity contribution in [2.24, 2.45) is 9.98 Å². The summed E-state index contributed by atoms with van der Waals surface area (Å²) in [6.45, 7) is 10.1. The molecule has 2 aliphatic rings. The number of likely N-dealkylation sites (N-methyl/N-ethyl adjacent to an activating group) is 1.